The Morgan fingerprint density at radius 1 is 1.16 bits per heavy atom. The third kappa shape index (κ3) is 2.82. The highest BCUT2D eigenvalue weighted by molar-refractivity contribution is 9.10. The van der Waals surface area contributed by atoms with Gasteiger partial charge in [0, 0.05) is 15.4 Å². The molecule has 1 unspecified atom stereocenters. The molecular formula is C19H15BrN2O3. The van der Waals surface area contributed by atoms with Crippen LogP contribution >= 0.6 is 15.9 Å². The van der Waals surface area contributed by atoms with Crippen LogP contribution in [-0.4, -0.2) is 10.9 Å². The number of amides is 1. The van der Waals surface area contributed by atoms with Gasteiger partial charge in [-0.3, -0.25) is 4.79 Å². The van der Waals surface area contributed by atoms with Crippen LogP contribution in [0.2, 0.25) is 0 Å². The summed E-state index contributed by atoms with van der Waals surface area (Å²) in [5.41, 5.74) is 2.95. The molecule has 2 heterocycles. The van der Waals surface area contributed by atoms with Gasteiger partial charge in [0.1, 0.15) is 17.1 Å². The molecule has 0 radical (unpaired) electrons. The lowest BCUT2D eigenvalue weighted by Gasteiger charge is -2.09. The fourth-order valence-electron chi connectivity index (χ4n) is 2.82. The first-order valence-electron chi connectivity index (χ1n) is 7.88. The second-order valence-corrected chi connectivity index (χ2v) is 6.83. The van der Waals surface area contributed by atoms with E-state index in [-0.39, 0.29) is 11.9 Å². The zero-order valence-corrected chi connectivity index (χ0v) is 15.3. The molecule has 1 N–H and O–H groups in total. The van der Waals surface area contributed by atoms with Crippen molar-refractivity contribution in [2.24, 2.45) is 0 Å². The maximum absolute atomic E-state index is 12.6. The lowest BCUT2D eigenvalue weighted by atomic mass is 10.1. The molecule has 0 fully saturated rings. The van der Waals surface area contributed by atoms with E-state index in [1.165, 1.54) is 0 Å². The number of hydrogen-bond acceptors (Lipinski definition) is 4. The summed E-state index contributed by atoms with van der Waals surface area (Å²) in [6, 6.07) is 12.8. The van der Waals surface area contributed by atoms with E-state index in [2.05, 4.69) is 26.2 Å². The van der Waals surface area contributed by atoms with Gasteiger partial charge in [-0.25, -0.2) is 4.98 Å². The Balaban J connectivity index is 1.62. The number of rotatable bonds is 3. The van der Waals surface area contributed by atoms with Gasteiger partial charge >= 0.3 is 0 Å². The molecule has 0 saturated heterocycles. The van der Waals surface area contributed by atoms with E-state index in [4.69, 9.17) is 8.83 Å². The molecule has 0 spiro atoms. The van der Waals surface area contributed by atoms with Gasteiger partial charge in [-0.15, -0.1) is 0 Å². The Labute approximate surface area is 152 Å². The Morgan fingerprint density at radius 3 is 2.76 bits per heavy atom. The molecule has 2 aromatic heterocycles. The third-order valence-electron chi connectivity index (χ3n) is 4.13. The van der Waals surface area contributed by atoms with Crippen molar-refractivity contribution < 1.29 is 13.6 Å². The Morgan fingerprint density at radius 2 is 1.96 bits per heavy atom. The summed E-state index contributed by atoms with van der Waals surface area (Å²) in [5, 5.41) is 3.81. The van der Waals surface area contributed by atoms with Gasteiger partial charge in [0.15, 0.2) is 11.3 Å². The summed E-state index contributed by atoms with van der Waals surface area (Å²) in [6.07, 6.45) is 0. The number of nitrogens with one attached hydrogen (secondary N) is 1. The van der Waals surface area contributed by atoms with E-state index in [1.807, 2.05) is 56.3 Å². The molecule has 0 bridgehead atoms. The molecule has 4 aromatic rings. The van der Waals surface area contributed by atoms with Crippen molar-refractivity contribution in [1.29, 1.82) is 0 Å². The lowest BCUT2D eigenvalue weighted by molar-refractivity contribution is 0.0908. The van der Waals surface area contributed by atoms with Crippen molar-refractivity contribution >= 4 is 43.9 Å². The van der Waals surface area contributed by atoms with Crippen molar-refractivity contribution in [2.75, 3.05) is 0 Å². The molecule has 0 saturated carbocycles. The number of hydrogen-bond donors (Lipinski definition) is 1. The Hall–Kier alpha value is -2.60. The number of aryl methyl sites for hydroxylation is 1. The number of halogens is 1. The normalized spacial score (nSPS) is 12.6. The highest BCUT2D eigenvalue weighted by Gasteiger charge is 2.22. The van der Waals surface area contributed by atoms with Gasteiger partial charge in [0.05, 0.1) is 0 Å². The maximum Gasteiger partial charge on any atom is 0.287 e. The zero-order valence-electron chi connectivity index (χ0n) is 13.7. The summed E-state index contributed by atoms with van der Waals surface area (Å²) >= 11 is 3.41. The fraction of sp³-hybridized carbons (Fsp3) is 0.158. The predicted octanol–water partition coefficient (Wildman–Crippen LogP) is 5.14. The predicted molar refractivity (Wildman–Crippen MR) is 98.5 cm³/mol. The molecule has 25 heavy (non-hydrogen) atoms. The minimum Gasteiger partial charge on any atom is -0.451 e. The van der Waals surface area contributed by atoms with Crippen molar-refractivity contribution in [3.05, 3.63) is 64.2 Å². The highest BCUT2D eigenvalue weighted by atomic mass is 79.9. The first kappa shape index (κ1) is 15.9. The zero-order chi connectivity index (χ0) is 17.6. The van der Waals surface area contributed by atoms with Gasteiger partial charge in [-0.1, -0.05) is 28.1 Å². The van der Waals surface area contributed by atoms with E-state index in [1.54, 1.807) is 0 Å². The molecule has 5 nitrogen and oxygen atoms in total. The van der Waals surface area contributed by atoms with Crippen molar-refractivity contribution in [3.63, 3.8) is 0 Å². The third-order valence-corrected chi connectivity index (χ3v) is 4.63. The van der Waals surface area contributed by atoms with Crippen LogP contribution in [0.3, 0.4) is 0 Å². The molecular weight excluding hydrogens is 384 g/mol. The lowest BCUT2D eigenvalue weighted by Crippen LogP contribution is -2.27. The number of carbonyl (C=O) groups is 1. The fourth-order valence-corrected chi connectivity index (χ4v) is 3.16. The topological polar surface area (TPSA) is 68.3 Å². The average molecular weight is 399 g/mol. The number of carbonyl (C=O) groups excluding carboxylic acids is 1. The largest absolute Gasteiger partial charge is 0.451 e. The summed E-state index contributed by atoms with van der Waals surface area (Å²) in [5.74, 6) is 0.474. The van der Waals surface area contributed by atoms with Crippen LogP contribution in [0, 0.1) is 6.92 Å². The molecule has 1 amide bonds. The summed E-state index contributed by atoms with van der Waals surface area (Å²) in [6.45, 7) is 3.70. The number of para-hydroxylation sites is 2. The Kier molecular flexibility index (Phi) is 3.84. The van der Waals surface area contributed by atoms with E-state index in [9.17, 15) is 4.79 Å². The first-order chi connectivity index (χ1) is 12.0. The second-order valence-electron chi connectivity index (χ2n) is 5.91. The smallest absolute Gasteiger partial charge is 0.287 e. The van der Waals surface area contributed by atoms with Crippen LogP contribution in [0.25, 0.3) is 22.1 Å². The molecule has 2 aromatic carbocycles. The number of furan rings is 1. The van der Waals surface area contributed by atoms with Crippen LogP contribution in [0.1, 0.15) is 35.0 Å². The van der Waals surface area contributed by atoms with Gasteiger partial charge in [0.2, 0.25) is 5.89 Å². The van der Waals surface area contributed by atoms with Crippen LogP contribution in [0.15, 0.2) is 55.8 Å². The number of oxazole rings is 1. The van der Waals surface area contributed by atoms with Crippen LogP contribution in [0.5, 0.6) is 0 Å². The van der Waals surface area contributed by atoms with Crippen LogP contribution < -0.4 is 5.32 Å². The summed E-state index contributed by atoms with van der Waals surface area (Å²) in [7, 11) is 0. The number of nitrogens with zero attached hydrogens (tertiary/aromatic N) is 1. The summed E-state index contributed by atoms with van der Waals surface area (Å²) in [4.78, 5) is 17.1. The van der Waals surface area contributed by atoms with E-state index >= 15 is 0 Å². The van der Waals surface area contributed by atoms with Gasteiger partial charge in [0.25, 0.3) is 5.91 Å². The van der Waals surface area contributed by atoms with Crippen LogP contribution in [0.4, 0.5) is 0 Å². The quantitative estimate of drug-likeness (QED) is 0.518. The number of benzene rings is 2. The molecule has 0 aliphatic heterocycles. The SMILES string of the molecule is Cc1c(C(=O)NC(C)c2nc3ccccc3o2)oc2cc(Br)ccc12. The van der Waals surface area contributed by atoms with Crippen molar-refractivity contribution in [1.82, 2.24) is 10.3 Å². The number of fused-ring (bicyclic) bond motifs is 2. The standard InChI is InChI=1S/C19H15BrN2O3/c1-10-13-8-7-12(20)9-16(13)24-17(10)18(23)21-11(2)19-22-14-5-3-4-6-15(14)25-19/h3-9,11H,1-2H3,(H,21,23). The van der Waals surface area contributed by atoms with Crippen molar-refractivity contribution in [2.45, 2.75) is 19.9 Å². The van der Waals surface area contributed by atoms with E-state index < -0.39 is 0 Å². The first-order valence-corrected chi connectivity index (χ1v) is 8.67. The number of aromatic nitrogens is 1. The average Bonchev–Trinajstić information content (AvgIpc) is 3.16. The summed E-state index contributed by atoms with van der Waals surface area (Å²) < 4.78 is 12.4. The molecule has 0 aliphatic carbocycles. The highest BCUT2D eigenvalue weighted by Crippen LogP contribution is 2.28. The molecule has 4 rings (SSSR count). The van der Waals surface area contributed by atoms with Crippen molar-refractivity contribution in [3.8, 4) is 0 Å². The van der Waals surface area contributed by atoms with E-state index in [0.717, 1.165) is 20.9 Å². The van der Waals surface area contributed by atoms with Gasteiger partial charge < -0.3 is 14.2 Å². The van der Waals surface area contributed by atoms with Crippen LogP contribution in [-0.2, 0) is 0 Å². The van der Waals surface area contributed by atoms with Gasteiger partial charge in [-0.2, -0.15) is 0 Å². The Bertz CT molecular complexity index is 1060. The maximum atomic E-state index is 12.6. The van der Waals surface area contributed by atoms with E-state index in [0.29, 0.717) is 22.8 Å². The second kappa shape index (κ2) is 6.04. The molecule has 1 atom stereocenters. The molecule has 126 valence electrons. The minimum atomic E-state index is -0.376. The monoisotopic (exact) mass is 398 g/mol. The minimum absolute atomic E-state index is 0.292. The van der Waals surface area contributed by atoms with Gasteiger partial charge in [-0.05, 0) is 44.2 Å². The molecule has 6 heteroatoms. The molecule has 0 aliphatic rings.